The number of phosphoric ester groups is 1. The van der Waals surface area contributed by atoms with E-state index in [1.165, 1.54) is 257 Å². The van der Waals surface area contributed by atoms with Crippen LogP contribution in [0.2, 0.25) is 0 Å². The third-order valence-corrected chi connectivity index (χ3v) is 15.1. The third-order valence-electron chi connectivity index (χ3n) is 14.1. The van der Waals surface area contributed by atoms with Crippen LogP contribution >= 0.6 is 7.82 Å². The zero-order chi connectivity index (χ0) is 51.3. The monoisotopic (exact) mass is 1010 g/mol. The molecule has 418 valence electrons. The maximum absolute atomic E-state index is 12.8. The molecular formula is C60H121NO8P+. The predicted molar refractivity (Wildman–Crippen MR) is 298 cm³/mol. The molecule has 0 aliphatic carbocycles. The van der Waals surface area contributed by atoms with Crippen molar-refractivity contribution in [3.63, 3.8) is 0 Å². The Morgan fingerprint density at radius 3 is 0.914 bits per heavy atom. The number of rotatable bonds is 58. The van der Waals surface area contributed by atoms with E-state index in [1.54, 1.807) is 0 Å². The highest BCUT2D eigenvalue weighted by atomic mass is 31.2. The van der Waals surface area contributed by atoms with E-state index in [-0.39, 0.29) is 25.6 Å². The third kappa shape index (κ3) is 56.3. The van der Waals surface area contributed by atoms with E-state index >= 15 is 0 Å². The molecule has 10 heteroatoms. The lowest BCUT2D eigenvalue weighted by Gasteiger charge is -2.24. The highest BCUT2D eigenvalue weighted by molar-refractivity contribution is 7.47. The minimum atomic E-state index is -4.38. The Morgan fingerprint density at radius 2 is 0.643 bits per heavy atom. The van der Waals surface area contributed by atoms with Gasteiger partial charge in [0.1, 0.15) is 19.8 Å². The van der Waals surface area contributed by atoms with Crippen molar-refractivity contribution in [3.8, 4) is 0 Å². The minimum absolute atomic E-state index is 0.0374. The fourth-order valence-corrected chi connectivity index (χ4v) is 10.1. The summed E-state index contributed by atoms with van der Waals surface area (Å²) >= 11 is 0. The predicted octanol–water partition coefficient (Wildman–Crippen LogP) is 19.0. The fourth-order valence-electron chi connectivity index (χ4n) is 9.37. The molecule has 2 unspecified atom stereocenters. The molecule has 0 radical (unpaired) electrons. The summed E-state index contributed by atoms with van der Waals surface area (Å²) in [6, 6.07) is 0. The van der Waals surface area contributed by atoms with Gasteiger partial charge in [-0.2, -0.15) is 0 Å². The van der Waals surface area contributed by atoms with Crippen LogP contribution in [-0.2, 0) is 32.7 Å². The van der Waals surface area contributed by atoms with Crippen LogP contribution in [0.1, 0.15) is 322 Å². The maximum atomic E-state index is 12.8. The molecule has 0 bridgehead atoms. The second kappa shape index (κ2) is 52.9. The topological polar surface area (TPSA) is 108 Å². The summed E-state index contributed by atoms with van der Waals surface area (Å²) in [5.41, 5.74) is 0. The molecule has 9 nitrogen and oxygen atoms in total. The van der Waals surface area contributed by atoms with Crippen LogP contribution in [0.4, 0.5) is 0 Å². The Labute approximate surface area is 435 Å². The summed E-state index contributed by atoms with van der Waals surface area (Å²) in [6.07, 6.45) is 60.5. The first-order chi connectivity index (χ1) is 34.0. The van der Waals surface area contributed by atoms with Crippen LogP contribution in [0.3, 0.4) is 0 Å². The van der Waals surface area contributed by atoms with Gasteiger partial charge in [-0.25, -0.2) is 4.57 Å². The lowest BCUT2D eigenvalue weighted by atomic mass is 10.0. The van der Waals surface area contributed by atoms with Gasteiger partial charge in [-0.1, -0.05) is 296 Å². The minimum Gasteiger partial charge on any atom is -0.462 e. The number of hydrogen-bond donors (Lipinski definition) is 1. The van der Waals surface area contributed by atoms with Crippen LogP contribution in [0, 0.1) is 0 Å². The Hall–Kier alpha value is -0.990. The summed E-state index contributed by atoms with van der Waals surface area (Å²) in [7, 11) is 1.50. The molecule has 0 saturated carbocycles. The van der Waals surface area contributed by atoms with Gasteiger partial charge in [-0.3, -0.25) is 18.6 Å². The lowest BCUT2D eigenvalue weighted by molar-refractivity contribution is -0.870. The average molecular weight is 1020 g/mol. The van der Waals surface area contributed by atoms with Crippen molar-refractivity contribution in [2.24, 2.45) is 0 Å². The molecule has 0 aliphatic heterocycles. The number of hydrogen-bond acceptors (Lipinski definition) is 7. The van der Waals surface area contributed by atoms with Crippen LogP contribution in [0.15, 0.2) is 0 Å². The van der Waals surface area contributed by atoms with Crippen molar-refractivity contribution in [2.75, 3.05) is 47.5 Å². The number of nitrogens with zero attached hydrogens (tertiary/aromatic N) is 1. The van der Waals surface area contributed by atoms with Crippen LogP contribution in [-0.4, -0.2) is 74.9 Å². The Kier molecular flexibility index (Phi) is 52.1. The van der Waals surface area contributed by atoms with Gasteiger partial charge >= 0.3 is 19.8 Å². The number of quaternary nitrogens is 1. The van der Waals surface area contributed by atoms with Crippen LogP contribution < -0.4 is 0 Å². The molecule has 0 aromatic heterocycles. The van der Waals surface area contributed by atoms with Crippen molar-refractivity contribution in [1.29, 1.82) is 0 Å². The number of carbonyl (C=O) groups is 2. The fraction of sp³-hybridized carbons (Fsp3) is 0.967. The highest BCUT2D eigenvalue weighted by Crippen LogP contribution is 2.43. The Balaban J connectivity index is 4.00. The molecule has 0 rings (SSSR count). The Bertz CT molecular complexity index is 1150. The van der Waals surface area contributed by atoms with Crippen molar-refractivity contribution in [1.82, 2.24) is 0 Å². The van der Waals surface area contributed by atoms with E-state index in [4.69, 9.17) is 18.5 Å². The summed E-state index contributed by atoms with van der Waals surface area (Å²) < 4.78 is 34.6. The zero-order valence-electron chi connectivity index (χ0n) is 47.5. The molecular weight excluding hydrogens is 894 g/mol. The first-order valence-electron chi connectivity index (χ1n) is 30.8. The van der Waals surface area contributed by atoms with Gasteiger partial charge in [-0.15, -0.1) is 0 Å². The van der Waals surface area contributed by atoms with Crippen molar-refractivity contribution in [3.05, 3.63) is 0 Å². The van der Waals surface area contributed by atoms with Gasteiger partial charge < -0.3 is 18.9 Å². The highest BCUT2D eigenvalue weighted by Gasteiger charge is 2.27. The summed E-state index contributed by atoms with van der Waals surface area (Å²) in [4.78, 5) is 35.7. The van der Waals surface area contributed by atoms with Crippen LogP contribution in [0.5, 0.6) is 0 Å². The SMILES string of the molecule is CCCCCCCCCCCCCCCCCCCCCCCCCCCCCCCCC(=O)OC(COC(=O)CCCCCCCCCCCCCCCCCC)COP(=O)(O)OCC[N+](C)(C)C. The van der Waals surface area contributed by atoms with E-state index in [1.807, 2.05) is 21.1 Å². The smallest absolute Gasteiger partial charge is 0.462 e. The largest absolute Gasteiger partial charge is 0.472 e. The van der Waals surface area contributed by atoms with Gasteiger partial charge in [0.15, 0.2) is 6.10 Å². The molecule has 0 saturated heterocycles. The summed E-state index contributed by atoms with van der Waals surface area (Å²) in [5, 5.41) is 0. The molecule has 0 aliphatic rings. The maximum Gasteiger partial charge on any atom is 0.472 e. The van der Waals surface area contributed by atoms with Crippen LogP contribution in [0.25, 0.3) is 0 Å². The zero-order valence-corrected chi connectivity index (χ0v) is 48.4. The number of esters is 2. The normalized spacial score (nSPS) is 13.2. The van der Waals surface area contributed by atoms with Gasteiger partial charge in [0, 0.05) is 12.8 Å². The number of carbonyl (C=O) groups excluding carboxylic acids is 2. The number of ether oxygens (including phenoxy) is 2. The lowest BCUT2D eigenvalue weighted by Crippen LogP contribution is -2.37. The molecule has 0 fully saturated rings. The number of unbranched alkanes of at least 4 members (excludes halogenated alkanes) is 44. The van der Waals surface area contributed by atoms with Gasteiger partial charge in [-0.05, 0) is 12.8 Å². The second-order valence-corrected chi connectivity index (χ2v) is 23.9. The van der Waals surface area contributed by atoms with Crippen molar-refractivity contribution < 1.29 is 42.1 Å². The molecule has 0 heterocycles. The second-order valence-electron chi connectivity index (χ2n) is 22.5. The van der Waals surface area contributed by atoms with E-state index in [9.17, 15) is 19.0 Å². The van der Waals surface area contributed by atoms with E-state index in [0.29, 0.717) is 17.4 Å². The number of likely N-dealkylation sites (N-methyl/N-ethyl adjacent to an activating group) is 1. The van der Waals surface area contributed by atoms with Gasteiger partial charge in [0.2, 0.25) is 0 Å². The molecule has 0 spiro atoms. The summed E-state index contributed by atoms with van der Waals surface area (Å²) in [5.74, 6) is -0.773. The average Bonchev–Trinajstić information content (AvgIpc) is 3.32. The van der Waals surface area contributed by atoms with E-state index in [2.05, 4.69) is 13.8 Å². The van der Waals surface area contributed by atoms with Gasteiger partial charge in [0.25, 0.3) is 0 Å². The van der Waals surface area contributed by atoms with E-state index < -0.39 is 26.5 Å². The molecule has 0 amide bonds. The number of phosphoric acid groups is 1. The van der Waals surface area contributed by atoms with Crippen molar-refractivity contribution in [2.45, 2.75) is 328 Å². The quantitative estimate of drug-likeness (QED) is 0.0278. The standard InChI is InChI=1S/C60H120NO8P/c1-6-8-10-12-14-16-18-20-22-24-25-26-27-28-29-30-31-32-33-34-35-36-37-39-41-43-45-47-49-51-53-60(63)69-58(57-68-70(64,65)67-55-54-61(3,4)5)56-66-59(62)52-50-48-46-44-42-40-38-23-21-19-17-15-13-11-9-7-2/h58H,6-57H2,1-5H3/p+1. The van der Waals surface area contributed by atoms with E-state index in [0.717, 1.165) is 38.5 Å². The molecule has 1 N–H and O–H groups in total. The molecule has 0 aromatic rings. The Morgan fingerprint density at radius 1 is 0.386 bits per heavy atom. The molecule has 70 heavy (non-hydrogen) atoms. The first kappa shape index (κ1) is 69.0. The summed E-state index contributed by atoms with van der Waals surface area (Å²) in [6.45, 7) is 4.51. The van der Waals surface area contributed by atoms with Crippen molar-refractivity contribution >= 4 is 19.8 Å². The molecule has 0 aromatic carbocycles. The molecule has 2 atom stereocenters. The first-order valence-corrected chi connectivity index (χ1v) is 32.3. The van der Waals surface area contributed by atoms with Gasteiger partial charge in [0.05, 0.1) is 27.7 Å².